The second-order valence-electron chi connectivity index (χ2n) is 8.70. The molecule has 0 aliphatic rings. The maximum absolute atomic E-state index is 6.01. The van der Waals surface area contributed by atoms with Crippen LogP contribution in [0.4, 0.5) is 0 Å². The third-order valence-corrected chi connectivity index (χ3v) is 16.6. The molecular weight excluding hydrogens is 855 g/mol. The highest BCUT2D eigenvalue weighted by Crippen LogP contribution is 2.45. The molecule has 0 radical (unpaired) electrons. The molecule has 0 N–H and O–H groups in total. The molecule has 8 rings (SSSR count). The van der Waals surface area contributed by atoms with E-state index in [2.05, 4.69) is 43.3 Å². The van der Waals surface area contributed by atoms with E-state index in [1.54, 1.807) is 88.5 Å². The van der Waals surface area contributed by atoms with Gasteiger partial charge < -0.3 is 0 Å². The zero-order chi connectivity index (χ0) is 32.2. The molecule has 8 aromatic rings. The highest BCUT2D eigenvalue weighted by molar-refractivity contribution is 8.77. The molecule has 0 saturated heterocycles. The molecule has 0 saturated carbocycles. The number of hydrogen-bond donors (Lipinski definition) is 2. The molecule has 0 aliphatic carbocycles. The molecule has 0 aliphatic heterocycles. The van der Waals surface area contributed by atoms with Crippen LogP contribution in [0, 0.1) is 0 Å². The van der Waals surface area contributed by atoms with Gasteiger partial charge in [0.2, 0.25) is 0 Å². The smallest absolute Gasteiger partial charge is 0.162 e. The van der Waals surface area contributed by atoms with Gasteiger partial charge in [-0.15, -0.1) is 68.7 Å². The lowest BCUT2D eigenvalue weighted by Gasteiger charge is -1.90. The minimum absolute atomic E-state index is 0.739. The van der Waals surface area contributed by atoms with Gasteiger partial charge in [0.15, 0.2) is 17.4 Å². The Balaban J connectivity index is 0.000000153. The standard InChI is InChI=1S/2C14H6Cl2N2S4.H2S2/c2*15-7-1-3-9-11(5-7)19-13(17-9)21-22-14-18-10-4-2-8(16)6-12(10)20-14;1-2/h2*1-6H;1-2H. The fourth-order valence-electron chi connectivity index (χ4n) is 3.79. The molecule has 234 valence electrons. The van der Waals surface area contributed by atoms with Gasteiger partial charge in [-0.25, -0.2) is 19.9 Å². The van der Waals surface area contributed by atoms with Gasteiger partial charge in [0.05, 0.1) is 40.9 Å². The Labute approximate surface area is 325 Å². The second kappa shape index (κ2) is 16.6. The fourth-order valence-corrected chi connectivity index (χ4v) is 13.9. The third kappa shape index (κ3) is 9.08. The van der Waals surface area contributed by atoms with Crippen molar-refractivity contribution < 1.29 is 0 Å². The van der Waals surface area contributed by atoms with E-state index < -0.39 is 0 Å². The van der Waals surface area contributed by atoms with Gasteiger partial charge in [-0.2, -0.15) is 0 Å². The largest absolute Gasteiger partial charge is 0.229 e. The molecule has 0 fully saturated rings. The van der Waals surface area contributed by atoms with Gasteiger partial charge in [-0.05, 0) is 116 Å². The van der Waals surface area contributed by atoms with Crippen LogP contribution in [0.3, 0.4) is 0 Å². The summed E-state index contributed by atoms with van der Waals surface area (Å²) in [5.74, 6) is 0. The van der Waals surface area contributed by atoms with Crippen molar-refractivity contribution >= 4 is 199 Å². The SMILES string of the molecule is Clc1ccc2nc(SSc3nc4ccc(Cl)cc4s3)sc2c1.Clc1ccc2nc(SSc3nc4ccc(Cl)cc4s3)sc2c1.SS. The first-order valence-corrected chi connectivity index (χ1v) is 23.2. The first kappa shape index (κ1) is 35.5. The topological polar surface area (TPSA) is 51.6 Å². The Kier molecular flexibility index (Phi) is 12.8. The zero-order valence-corrected chi connectivity index (χ0v) is 33.7. The number of aromatic nitrogens is 4. The molecule has 0 bridgehead atoms. The Morgan fingerprint density at radius 2 is 0.609 bits per heavy atom. The summed E-state index contributed by atoms with van der Waals surface area (Å²) in [6, 6.07) is 23.0. The quantitative estimate of drug-likeness (QED) is 0.127. The number of nitrogens with zero attached hydrogens (tertiary/aromatic N) is 4. The molecule has 0 unspecified atom stereocenters. The summed E-state index contributed by atoms with van der Waals surface area (Å²) in [5, 5.41) is 2.96. The van der Waals surface area contributed by atoms with Crippen LogP contribution in [0.2, 0.25) is 20.1 Å². The summed E-state index contributed by atoms with van der Waals surface area (Å²) < 4.78 is 8.41. The van der Waals surface area contributed by atoms with E-state index in [1.807, 2.05) is 72.8 Å². The lowest BCUT2D eigenvalue weighted by Crippen LogP contribution is -1.68. The second-order valence-corrected chi connectivity index (χ2v) is 19.8. The van der Waals surface area contributed by atoms with Crippen molar-refractivity contribution in [3.63, 3.8) is 0 Å². The molecule has 4 aromatic carbocycles. The van der Waals surface area contributed by atoms with Crippen molar-refractivity contribution in [2.45, 2.75) is 17.4 Å². The number of fused-ring (bicyclic) bond motifs is 4. The van der Waals surface area contributed by atoms with Gasteiger partial charge >= 0.3 is 0 Å². The van der Waals surface area contributed by atoms with Crippen molar-refractivity contribution in [1.82, 2.24) is 19.9 Å². The summed E-state index contributed by atoms with van der Waals surface area (Å²) in [4.78, 5) is 18.4. The summed E-state index contributed by atoms with van der Waals surface area (Å²) in [5.41, 5.74) is 3.92. The van der Waals surface area contributed by atoms with Gasteiger partial charge in [-0.3, -0.25) is 0 Å². The van der Waals surface area contributed by atoms with Crippen LogP contribution < -0.4 is 0 Å². The van der Waals surface area contributed by atoms with E-state index >= 15 is 0 Å². The molecule has 4 nitrogen and oxygen atoms in total. The van der Waals surface area contributed by atoms with Crippen LogP contribution in [0.25, 0.3) is 40.9 Å². The number of thiol groups is 2. The van der Waals surface area contributed by atoms with Gasteiger partial charge in [-0.1, -0.05) is 46.4 Å². The molecule has 4 heterocycles. The van der Waals surface area contributed by atoms with E-state index in [4.69, 9.17) is 46.4 Å². The van der Waals surface area contributed by atoms with Crippen molar-refractivity contribution in [3.8, 4) is 0 Å². The number of hydrogen-bond acceptors (Lipinski definition) is 14. The van der Waals surface area contributed by atoms with Gasteiger partial charge in [0.25, 0.3) is 0 Å². The van der Waals surface area contributed by atoms with Crippen LogP contribution in [0.1, 0.15) is 0 Å². The lowest BCUT2D eigenvalue weighted by atomic mass is 10.3. The molecule has 0 atom stereocenters. The van der Waals surface area contributed by atoms with Crippen molar-refractivity contribution in [1.29, 1.82) is 0 Å². The van der Waals surface area contributed by atoms with Crippen molar-refractivity contribution in [2.75, 3.05) is 0 Å². The lowest BCUT2D eigenvalue weighted by molar-refractivity contribution is 1.31. The van der Waals surface area contributed by atoms with Crippen molar-refractivity contribution in [3.05, 3.63) is 92.9 Å². The molecule has 0 amide bonds. The van der Waals surface area contributed by atoms with Gasteiger partial charge in [0.1, 0.15) is 0 Å². The Morgan fingerprint density at radius 1 is 0.391 bits per heavy atom. The molecule has 18 heteroatoms. The van der Waals surface area contributed by atoms with Crippen molar-refractivity contribution in [2.24, 2.45) is 0 Å². The molecule has 4 aromatic heterocycles. The van der Waals surface area contributed by atoms with E-state index in [-0.39, 0.29) is 0 Å². The first-order chi connectivity index (χ1) is 22.3. The monoisotopic (exact) mass is 866 g/mol. The summed E-state index contributed by atoms with van der Waals surface area (Å²) in [6.07, 6.45) is 0. The minimum atomic E-state index is 0.739. The number of thiazole rings is 4. The average Bonchev–Trinajstić information content (AvgIpc) is 3.83. The molecule has 0 spiro atoms. The van der Waals surface area contributed by atoms with Crippen LogP contribution in [0.15, 0.2) is 90.2 Å². The Hall–Kier alpha value is -0.300. The fraction of sp³-hybridized carbons (Fsp3) is 0. The minimum Gasteiger partial charge on any atom is -0.229 e. The zero-order valence-electron chi connectivity index (χ0n) is 22.4. The van der Waals surface area contributed by atoms with E-state index in [9.17, 15) is 0 Å². The maximum atomic E-state index is 6.01. The van der Waals surface area contributed by atoms with E-state index in [1.165, 1.54) is 0 Å². The van der Waals surface area contributed by atoms with Gasteiger partial charge in [0, 0.05) is 20.1 Å². The third-order valence-electron chi connectivity index (χ3n) is 5.69. The van der Waals surface area contributed by atoms with Crippen LogP contribution >= 0.6 is 158 Å². The summed E-state index contributed by atoms with van der Waals surface area (Å²) >= 11 is 37.0. The predicted octanol–water partition coefficient (Wildman–Crippen LogP) is 14.8. The Bertz CT molecular complexity index is 1960. The van der Waals surface area contributed by atoms with Crippen LogP contribution in [-0.2, 0) is 0 Å². The number of halogens is 4. The molecular formula is C28H14Cl4N4S10. The number of rotatable bonds is 6. The normalized spacial score (nSPS) is 11.2. The maximum Gasteiger partial charge on any atom is 0.162 e. The number of benzene rings is 4. The Morgan fingerprint density at radius 3 is 0.826 bits per heavy atom. The summed E-state index contributed by atoms with van der Waals surface area (Å²) in [6.45, 7) is 0. The molecule has 46 heavy (non-hydrogen) atoms. The van der Waals surface area contributed by atoms with E-state index in [0.29, 0.717) is 0 Å². The summed E-state index contributed by atoms with van der Waals surface area (Å²) in [7, 11) is 6.48. The highest BCUT2D eigenvalue weighted by Gasteiger charge is 2.11. The van der Waals surface area contributed by atoms with Crippen LogP contribution in [0.5, 0.6) is 0 Å². The van der Waals surface area contributed by atoms with E-state index in [0.717, 1.165) is 78.3 Å². The first-order valence-electron chi connectivity index (χ1n) is 12.5. The predicted molar refractivity (Wildman–Crippen MR) is 220 cm³/mol. The average molecular weight is 869 g/mol. The highest BCUT2D eigenvalue weighted by atomic mass is 35.5. The van der Waals surface area contributed by atoms with Crippen LogP contribution in [-0.4, -0.2) is 19.9 Å².